The number of benzene rings is 1. The van der Waals surface area contributed by atoms with Crippen LogP contribution >= 0.6 is 0 Å². The lowest BCUT2D eigenvalue weighted by atomic mass is 10.0. The zero-order chi connectivity index (χ0) is 15.1. The van der Waals surface area contributed by atoms with E-state index in [4.69, 9.17) is 0 Å². The maximum atomic E-state index is 11.2. The van der Waals surface area contributed by atoms with Gasteiger partial charge in [0.25, 0.3) is 0 Å². The Morgan fingerprint density at radius 1 is 1.20 bits per heavy atom. The third-order valence-corrected chi connectivity index (χ3v) is 2.89. The van der Waals surface area contributed by atoms with E-state index < -0.39 is 12.2 Å². The van der Waals surface area contributed by atoms with Crippen molar-refractivity contribution in [1.29, 1.82) is 0 Å². The molecule has 0 saturated heterocycles. The number of rotatable bonds is 6. The Kier molecular flexibility index (Phi) is 6.14. The Hall–Kier alpha value is -1.92. The quantitative estimate of drug-likeness (QED) is 0.565. The van der Waals surface area contributed by atoms with E-state index in [0.29, 0.717) is 5.56 Å². The zero-order valence-corrected chi connectivity index (χ0v) is 11.6. The summed E-state index contributed by atoms with van der Waals surface area (Å²) in [5.74, 6) is -0.360. The number of hydrogen-bond acceptors (Lipinski definition) is 4. The molecule has 0 heterocycles. The fraction of sp³-hybridized carbons (Fsp3) is 0.429. The molecule has 0 bridgehead atoms. The summed E-state index contributed by atoms with van der Waals surface area (Å²) < 4.78 is 0. The third kappa shape index (κ3) is 4.99. The second-order valence-electron chi connectivity index (χ2n) is 4.54. The van der Waals surface area contributed by atoms with Gasteiger partial charge in [-0.15, -0.1) is 0 Å². The van der Waals surface area contributed by atoms with Gasteiger partial charge >= 0.3 is 0 Å². The van der Waals surface area contributed by atoms with Crippen LogP contribution in [0.4, 0.5) is 0 Å². The van der Waals surface area contributed by atoms with Crippen molar-refractivity contribution in [2.24, 2.45) is 0 Å². The van der Waals surface area contributed by atoms with E-state index in [1.165, 1.54) is 6.92 Å². The highest BCUT2D eigenvalue weighted by atomic mass is 16.3. The second kappa shape index (κ2) is 7.62. The van der Waals surface area contributed by atoms with Crippen molar-refractivity contribution in [2.75, 3.05) is 13.6 Å². The molecule has 0 aliphatic heterocycles. The van der Waals surface area contributed by atoms with E-state index in [9.17, 15) is 19.8 Å². The number of carbonyl (C=O) groups is 2. The Labute approximate surface area is 117 Å². The first kappa shape index (κ1) is 16.1. The minimum absolute atomic E-state index is 0.0174. The minimum Gasteiger partial charge on any atom is -0.388 e. The fourth-order valence-corrected chi connectivity index (χ4v) is 1.69. The molecule has 0 aliphatic carbocycles. The van der Waals surface area contributed by atoms with Crippen LogP contribution in [-0.2, 0) is 16.0 Å². The van der Waals surface area contributed by atoms with Gasteiger partial charge in [0.15, 0.2) is 0 Å². The first-order valence-electron chi connectivity index (χ1n) is 6.34. The predicted molar refractivity (Wildman–Crippen MR) is 73.9 cm³/mol. The predicted octanol–water partition coefficient (Wildman–Crippen LogP) is -0.495. The van der Waals surface area contributed by atoms with Crippen molar-refractivity contribution in [3.05, 3.63) is 35.4 Å². The van der Waals surface area contributed by atoms with E-state index in [1.807, 2.05) is 0 Å². The number of likely N-dealkylation sites (N-methyl/N-ethyl adjacent to an activating group) is 1. The molecule has 0 spiro atoms. The summed E-state index contributed by atoms with van der Waals surface area (Å²) in [5, 5.41) is 24.7. The number of amides is 2. The van der Waals surface area contributed by atoms with Crippen LogP contribution in [0, 0.1) is 0 Å². The Balaban J connectivity index is 2.62. The van der Waals surface area contributed by atoms with E-state index in [2.05, 4.69) is 10.6 Å². The smallest absolute Gasteiger partial charge is 0.224 e. The summed E-state index contributed by atoms with van der Waals surface area (Å²) in [6.07, 6.45) is -1.90. The molecular weight excluding hydrogens is 260 g/mol. The normalized spacial score (nSPS) is 13.4. The zero-order valence-electron chi connectivity index (χ0n) is 11.6. The average Bonchev–Trinajstić information content (AvgIpc) is 2.44. The number of carbonyl (C=O) groups excluding carboxylic acids is 2. The maximum absolute atomic E-state index is 11.2. The van der Waals surface area contributed by atoms with Crippen LogP contribution in [0.2, 0.25) is 0 Å². The van der Waals surface area contributed by atoms with E-state index in [-0.39, 0.29) is 24.8 Å². The Bertz CT molecular complexity index is 459. The molecule has 20 heavy (non-hydrogen) atoms. The van der Waals surface area contributed by atoms with Gasteiger partial charge in [0.2, 0.25) is 11.8 Å². The molecule has 0 fully saturated rings. The molecule has 1 aromatic rings. The fourth-order valence-electron chi connectivity index (χ4n) is 1.69. The van der Waals surface area contributed by atoms with E-state index >= 15 is 0 Å². The molecule has 110 valence electrons. The van der Waals surface area contributed by atoms with Crippen LogP contribution in [0.3, 0.4) is 0 Å². The molecule has 0 saturated carbocycles. The van der Waals surface area contributed by atoms with E-state index in [1.54, 1.807) is 31.3 Å². The van der Waals surface area contributed by atoms with Gasteiger partial charge in [-0.05, 0) is 11.1 Å². The molecule has 2 amide bonds. The molecule has 1 aromatic carbocycles. The number of hydrogen-bond donors (Lipinski definition) is 4. The number of nitrogens with one attached hydrogen (secondary N) is 2. The summed E-state index contributed by atoms with van der Waals surface area (Å²) in [7, 11) is 1.57. The summed E-state index contributed by atoms with van der Waals surface area (Å²) in [5.41, 5.74) is 1.35. The molecule has 0 aliphatic rings. The highest BCUT2D eigenvalue weighted by molar-refractivity contribution is 5.78. The van der Waals surface area contributed by atoms with Gasteiger partial charge in [-0.25, -0.2) is 0 Å². The van der Waals surface area contributed by atoms with Crippen molar-refractivity contribution in [1.82, 2.24) is 10.6 Å². The molecule has 0 radical (unpaired) electrons. The van der Waals surface area contributed by atoms with Gasteiger partial charge in [0.05, 0.1) is 6.42 Å². The topological polar surface area (TPSA) is 98.7 Å². The Morgan fingerprint density at radius 3 is 2.30 bits per heavy atom. The van der Waals surface area contributed by atoms with Crippen LogP contribution in [0.25, 0.3) is 0 Å². The SMILES string of the molecule is CNC(=O)Cc1ccc(C(O)C(O)CNC(C)=O)cc1. The van der Waals surface area contributed by atoms with Crippen molar-refractivity contribution in [2.45, 2.75) is 25.6 Å². The monoisotopic (exact) mass is 280 g/mol. The van der Waals surface area contributed by atoms with Crippen LogP contribution in [0.5, 0.6) is 0 Å². The van der Waals surface area contributed by atoms with Gasteiger partial charge in [0.1, 0.15) is 12.2 Å². The minimum atomic E-state index is -1.09. The Morgan fingerprint density at radius 2 is 1.80 bits per heavy atom. The van der Waals surface area contributed by atoms with Crippen LogP contribution in [0.15, 0.2) is 24.3 Å². The highest BCUT2D eigenvalue weighted by Gasteiger charge is 2.18. The molecule has 1 rings (SSSR count). The standard InChI is InChI=1S/C14H20N2O4/c1-9(17)16-8-12(18)14(20)11-5-3-10(4-6-11)7-13(19)15-2/h3-6,12,14,18,20H,7-8H2,1-2H3,(H,15,19)(H,16,17). The number of aliphatic hydroxyl groups is 2. The molecule has 6 heteroatoms. The van der Waals surface area contributed by atoms with Gasteiger partial charge in [-0.1, -0.05) is 24.3 Å². The highest BCUT2D eigenvalue weighted by Crippen LogP contribution is 2.17. The summed E-state index contributed by atoms with van der Waals surface area (Å²) in [6, 6.07) is 6.75. The largest absolute Gasteiger partial charge is 0.388 e. The molecule has 0 aromatic heterocycles. The van der Waals surface area contributed by atoms with Crippen molar-refractivity contribution in [3.63, 3.8) is 0 Å². The van der Waals surface area contributed by atoms with E-state index in [0.717, 1.165) is 5.56 Å². The third-order valence-electron chi connectivity index (χ3n) is 2.89. The van der Waals surface area contributed by atoms with Crippen molar-refractivity contribution in [3.8, 4) is 0 Å². The maximum Gasteiger partial charge on any atom is 0.224 e. The summed E-state index contributed by atoms with van der Waals surface area (Å²) >= 11 is 0. The van der Waals surface area contributed by atoms with Crippen molar-refractivity contribution >= 4 is 11.8 Å². The first-order valence-corrected chi connectivity index (χ1v) is 6.34. The molecule has 4 N–H and O–H groups in total. The molecule has 6 nitrogen and oxygen atoms in total. The lowest BCUT2D eigenvalue weighted by Crippen LogP contribution is -2.34. The molecule has 2 unspecified atom stereocenters. The lowest BCUT2D eigenvalue weighted by Gasteiger charge is -2.18. The second-order valence-corrected chi connectivity index (χ2v) is 4.54. The van der Waals surface area contributed by atoms with Gasteiger partial charge in [-0.3, -0.25) is 9.59 Å². The molecule has 2 atom stereocenters. The van der Waals surface area contributed by atoms with Gasteiger partial charge < -0.3 is 20.8 Å². The number of aliphatic hydroxyl groups excluding tert-OH is 2. The lowest BCUT2D eigenvalue weighted by molar-refractivity contribution is -0.120. The summed E-state index contributed by atoms with van der Waals surface area (Å²) in [4.78, 5) is 22.0. The van der Waals surface area contributed by atoms with Gasteiger partial charge in [-0.2, -0.15) is 0 Å². The molecular formula is C14H20N2O4. The van der Waals surface area contributed by atoms with Crippen LogP contribution in [-0.4, -0.2) is 41.7 Å². The van der Waals surface area contributed by atoms with Crippen molar-refractivity contribution < 1.29 is 19.8 Å². The summed E-state index contributed by atoms with van der Waals surface area (Å²) in [6.45, 7) is 1.32. The average molecular weight is 280 g/mol. The van der Waals surface area contributed by atoms with Crippen LogP contribution in [0.1, 0.15) is 24.2 Å². The van der Waals surface area contributed by atoms with Gasteiger partial charge in [0, 0.05) is 20.5 Å². The first-order chi connectivity index (χ1) is 9.43. The van der Waals surface area contributed by atoms with Crippen LogP contribution < -0.4 is 10.6 Å².